The van der Waals surface area contributed by atoms with Gasteiger partial charge in [0.05, 0.1) is 22.4 Å². The van der Waals surface area contributed by atoms with Crippen LogP contribution in [0.5, 0.6) is 0 Å². The number of hydrogen-bond donors (Lipinski definition) is 1. The Hall–Kier alpha value is -2.46. The molecule has 2 bridgehead atoms. The number of anilines is 1. The molecule has 0 saturated heterocycles. The van der Waals surface area contributed by atoms with Crippen LogP contribution in [0.3, 0.4) is 0 Å². The summed E-state index contributed by atoms with van der Waals surface area (Å²) < 4.78 is 0. The maximum Gasteiger partial charge on any atom is 0.255 e. The van der Waals surface area contributed by atoms with Crippen molar-refractivity contribution in [3.8, 4) is 0 Å². The van der Waals surface area contributed by atoms with Crippen molar-refractivity contribution in [1.82, 2.24) is 9.97 Å². The normalized spacial score (nSPS) is 20.4. The number of halogens is 1. The van der Waals surface area contributed by atoms with Crippen LogP contribution in [-0.2, 0) is 0 Å². The van der Waals surface area contributed by atoms with Crippen molar-refractivity contribution in [2.24, 2.45) is 0 Å². The fourth-order valence-electron chi connectivity index (χ4n) is 4.26. The molecule has 0 spiro atoms. The molecule has 1 N–H and O–H groups in total. The van der Waals surface area contributed by atoms with E-state index >= 15 is 0 Å². The van der Waals surface area contributed by atoms with E-state index in [2.05, 4.69) is 5.32 Å². The van der Waals surface area contributed by atoms with E-state index in [9.17, 15) is 4.79 Å². The molecule has 4 nitrogen and oxygen atoms in total. The number of nitrogens with zero attached hydrogens (tertiary/aromatic N) is 2. The molecule has 3 aromatic rings. The molecule has 1 fully saturated rings. The zero-order valence-corrected chi connectivity index (χ0v) is 15.2. The molecule has 2 aromatic carbocycles. The highest BCUT2D eigenvalue weighted by Gasteiger charge is 2.39. The Morgan fingerprint density at radius 3 is 2.50 bits per heavy atom. The second-order valence-corrected chi connectivity index (χ2v) is 7.75. The van der Waals surface area contributed by atoms with Crippen molar-refractivity contribution in [2.45, 2.75) is 38.0 Å². The van der Waals surface area contributed by atoms with Crippen LogP contribution >= 0.6 is 11.6 Å². The van der Waals surface area contributed by atoms with Crippen molar-refractivity contribution in [1.29, 1.82) is 0 Å². The van der Waals surface area contributed by atoms with Gasteiger partial charge in [0, 0.05) is 28.1 Å². The van der Waals surface area contributed by atoms with Gasteiger partial charge in [-0.15, -0.1) is 0 Å². The Kier molecular flexibility index (Phi) is 3.50. The molecule has 2 aliphatic carbocycles. The minimum Gasteiger partial charge on any atom is -0.322 e. The minimum absolute atomic E-state index is 0.152. The van der Waals surface area contributed by atoms with Crippen LogP contribution in [0.1, 0.15) is 58.4 Å². The van der Waals surface area contributed by atoms with E-state index in [4.69, 9.17) is 21.6 Å². The number of amides is 1. The number of carbonyl (C=O) groups is 1. The van der Waals surface area contributed by atoms with Gasteiger partial charge in [-0.25, -0.2) is 9.97 Å². The SMILES string of the molecule is Cc1cc(Cl)ccc1NC(=O)c1ccc2nc3c(nc2c1)C1CCC3C1. The molecule has 5 rings (SSSR count). The molecule has 2 aliphatic rings. The Bertz CT molecular complexity index is 1060. The molecule has 0 radical (unpaired) electrons. The van der Waals surface area contributed by atoms with Crippen LogP contribution in [0.25, 0.3) is 11.0 Å². The lowest BCUT2D eigenvalue weighted by molar-refractivity contribution is 0.102. The summed E-state index contributed by atoms with van der Waals surface area (Å²) in [6, 6.07) is 11.0. The summed E-state index contributed by atoms with van der Waals surface area (Å²) in [6.45, 7) is 1.92. The lowest BCUT2D eigenvalue weighted by Gasteiger charge is -2.14. The number of benzene rings is 2. The summed E-state index contributed by atoms with van der Waals surface area (Å²) in [6.07, 6.45) is 3.64. The lowest BCUT2D eigenvalue weighted by atomic mass is 10.00. The monoisotopic (exact) mass is 363 g/mol. The first-order chi connectivity index (χ1) is 12.6. The summed E-state index contributed by atoms with van der Waals surface area (Å²) in [5.74, 6) is 0.991. The van der Waals surface area contributed by atoms with Gasteiger partial charge in [0.2, 0.25) is 0 Å². The summed E-state index contributed by atoms with van der Waals surface area (Å²) in [5.41, 5.74) is 6.29. The summed E-state index contributed by atoms with van der Waals surface area (Å²) in [4.78, 5) is 22.4. The smallest absolute Gasteiger partial charge is 0.255 e. The average molecular weight is 364 g/mol. The Balaban J connectivity index is 1.48. The fraction of sp³-hybridized carbons (Fsp3) is 0.286. The molecule has 0 aliphatic heterocycles. The number of aryl methyl sites for hydroxylation is 1. The minimum atomic E-state index is -0.152. The van der Waals surface area contributed by atoms with E-state index in [1.807, 2.05) is 37.3 Å². The second-order valence-electron chi connectivity index (χ2n) is 7.32. The zero-order chi connectivity index (χ0) is 17.8. The van der Waals surface area contributed by atoms with Crippen molar-refractivity contribution in [3.05, 3.63) is 63.9 Å². The van der Waals surface area contributed by atoms with Crippen molar-refractivity contribution < 1.29 is 4.79 Å². The Morgan fingerprint density at radius 1 is 1.04 bits per heavy atom. The first-order valence-electron chi connectivity index (χ1n) is 8.97. The molecule has 26 heavy (non-hydrogen) atoms. The highest BCUT2D eigenvalue weighted by Crippen LogP contribution is 2.51. The average Bonchev–Trinajstić information content (AvgIpc) is 3.24. The van der Waals surface area contributed by atoms with E-state index in [1.165, 1.54) is 25.0 Å². The van der Waals surface area contributed by atoms with E-state index in [0.29, 0.717) is 22.4 Å². The molecule has 2 unspecified atom stereocenters. The van der Waals surface area contributed by atoms with Gasteiger partial charge in [0.25, 0.3) is 5.91 Å². The Labute approximate surface area is 156 Å². The summed E-state index contributed by atoms with van der Waals surface area (Å²) >= 11 is 5.98. The standard InChI is InChI=1S/C21H18ClN3O/c1-11-8-15(22)5-7-16(11)25-21(26)14-4-6-17-18(10-14)24-20-13-3-2-12(9-13)19(20)23-17/h4-8,10,12-13H,2-3,9H2,1H3,(H,25,26). The molecule has 2 atom stereocenters. The molecular weight excluding hydrogens is 346 g/mol. The first kappa shape index (κ1) is 15.8. The number of fused-ring (bicyclic) bond motifs is 6. The number of hydrogen-bond acceptors (Lipinski definition) is 3. The predicted molar refractivity (Wildman–Crippen MR) is 103 cm³/mol. The molecule has 1 amide bonds. The molecular formula is C21H18ClN3O. The number of carbonyl (C=O) groups excluding carboxylic acids is 1. The molecule has 5 heteroatoms. The van der Waals surface area contributed by atoms with Gasteiger partial charge in [0.1, 0.15) is 0 Å². The van der Waals surface area contributed by atoms with Gasteiger partial charge in [-0.3, -0.25) is 4.79 Å². The molecule has 130 valence electrons. The Morgan fingerprint density at radius 2 is 1.77 bits per heavy atom. The van der Waals surface area contributed by atoms with Gasteiger partial charge < -0.3 is 5.32 Å². The predicted octanol–water partition coefficient (Wildman–Crippen LogP) is 5.21. The first-order valence-corrected chi connectivity index (χ1v) is 9.35. The van der Waals surface area contributed by atoms with Crippen LogP contribution in [0.2, 0.25) is 5.02 Å². The quantitative estimate of drug-likeness (QED) is 0.680. The summed E-state index contributed by atoms with van der Waals surface area (Å²) in [5, 5.41) is 3.61. The van der Waals surface area contributed by atoms with Crippen LogP contribution in [0.4, 0.5) is 5.69 Å². The molecule has 1 saturated carbocycles. The third-order valence-electron chi connectivity index (χ3n) is 5.62. The van der Waals surface area contributed by atoms with E-state index in [1.54, 1.807) is 6.07 Å². The topological polar surface area (TPSA) is 54.9 Å². The van der Waals surface area contributed by atoms with Gasteiger partial charge in [-0.1, -0.05) is 11.6 Å². The van der Waals surface area contributed by atoms with Gasteiger partial charge in [-0.2, -0.15) is 0 Å². The maximum absolute atomic E-state index is 12.7. The van der Waals surface area contributed by atoms with Crippen LogP contribution in [-0.4, -0.2) is 15.9 Å². The largest absolute Gasteiger partial charge is 0.322 e. The highest BCUT2D eigenvalue weighted by molar-refractivity contribution is 6.30. The van der Waals surface area contributed by atoms with Crippen molar-refractivity contribution >= 4 is 34.2 Å². The van der Waals surface area contributed by atoms with E-state index in [-0.39, 0.29) is 5.91 Å². The highest BCUT2D eigenvalue weighted by atomic mass is 35.5. The number of nitrogens with one attached hydrogen (secondary N) is 1. The zero-order valence-electron chi connectivity index (χ0n) is 14.4. The van der Waals surface area contributed by atoms with E-state index in [0.717, 1.165) is 28.0 Å². The van der Waals surface area contributed by atoms with Crippen molar-refractivity contribution in [2.75, 3.05) is 5.32 Å². The van der Waals surface area contributed by atoms with Gasteiger partial charge in [0.15, 0.2) is 0 Å². The van der Waals surface area contributed by atoms with Gasteiger partial charge in [-0.05, 0) is 68.1 Å². The van der Waals surface area contributed by atoms with Crippen molar-refractivity contribution in [3.63, 3.8) is 0 Å². The third-order valence-corrected chi connectivity index (χ3v) is 5.86. The molecule has 1 aromatic heterocycles. The summed E-state index contributed by atoms with van der Waals surface area (Å²) in [7, 11) is 0. The lowest BCUT2D eigenvalue weighted by Crippen LogP contribution is -2.13. The number of aromatic nitrogens is 2. The number of rotatable bonds is 2. The maximum atomic E-state index is 12.7. The third kappa shape index (κ3) is 2.48. The second kappa shape index (κ2) is 5.78. The van der Waals surface area contributed by atoms with E-state index < -0.39 is 0 Å². The molecule has 1 heterocycles. The van der Waals surface area contributed by atoms with Gasteiger partial charge >= 0.3 is 0 Å². The fourth-order valence-corrected chi connectivity index (χ4v) is 4.49. The van der Waals surface area contributed by atoms with Crippen LogP contribution in [0, 0.1) is 6.92 Å². The van der Waals surface area contributed by atoms with Crippen LogP contribution in [0.15, 0.2) is 36.4 Å². The van der Waals surface area contributed by atoms with Crippen LogP contribution < -0.4 is 5.32 Å².